The molecule has 1 rings (SSSR count). The summed E-state index contributed by atoms with van der Waals surface area (Å²) in [7, 11) is 0. The molecule has 0 fully saturated rings. The summed E-state index contributed by atoms with van der Waals surface area (Å²) in [5.74, 6) is -0.409. The highest BCUT2D eigenvalue weighted by Gasteiger charge is 2.09. The van der Waals surface area contributed by atoms with Crippen molar-refractivity contribution < 1.29 is 14.3 Å². The van der Waals surface area contributed by atoms with Gasteiger partial charge in [0.2, 0.25) is 5.91 Å². The van der Waals surface area contributed by atoms with Crippen LogP contribution in [-0.2, 0) is 9.59 Å². The number of carbonyl (C=O) groups excluding carboxylic acids is 2. The Morgan fingerprint density at radius 1 is 1.64 bits per heavy atom. The second-order valence-electron chi connectivity index (χ2n) is 2.42. The van der Waals surface area contributed by atoms with Crippen molar-refractivity contribution in [1.29, 1.82) is 0 Å². The molecule has 1 N–H and O–H groups in total. The van der Waals surface area contributed by atoms with Crippen molar-refractivity contribution in [3.8, 4) is 5.75 Å². The number of hydrogen-bond donors (Lipinski definition) is 1. The van der Waals surface area contributed by atoms with Crippen LogP contribution in [0.4, 0.5) is 5.00 Å². The van der Waals surface area contributed by atoms with Crippen molar-refractivity contribution in [3.63, 3.8) is 0 Å². The minimum absolute atomic E-state index is 0.205. The normalized spacial score (nSPS) is 9.21. The van der Waals surface area contributed by atoms with Crippen molar-refractivity contribution >= 4 is 28.2 Å². The molecule has 0 aliphatic rings. The van der Waals surface area contributed by atoms with Gasteiger partial charge in [0.1, 0.15) is 5.00 Å². The lowest BCUT2D eigenvalue weighted by Gasteiger charge is -2.02. The molecule has 0 aromatic carbocycles. The number of rotatable bonds is 3. The third-order valence-electron chi connectivity index (χ3n) is 1.30. The summed E-state index contributed by atoms with van der Waals surface area (Å²) in [6, 6.07) is 1.61. The third-order valence-corrected chi connectivity index (χ3v) is 2.11. The number of nitrogens with one attached hydrogen (secondary N) is 1. The van der Waals surface area contributed by atoms with Crippen LogP contribution in [0.3, 0.4) is 0 Å². The van der Waals surface area contributed by atoms with E-state index in [4.69, 9.17) is 4.74 Å². The second-order valence-corrected chi connectivity index (χ2v) is 3.34. The third kappa shape index (κ3) is 2.70. The molecule has 1 aromatic heterocycles. The zero-order chi connectivity index (χ0) is 10.6. The van der Waals surface area contributed by atoms with E-state index in [-0.39, 0.29) is 5.91 Å². The fraction of sp³-hybridized carbons (Fsp3) is 0.111. The van der Waals surface area contributed by atoms with E-state index in [0.29, 0.717) is 10.8 Å². The lowest BCUT2D eigenvalue weighted by atomic mass is 10.5. The average Bonchev–Trinajstić information content (AvgIpc) is 2.52. The highest BCUT2D eigenvalue weighted by Crippen LogP contribution is 2.30. The zero-order valence-electron chi connectivity index (χ0n) is 7.57. The van der Waals surface area contributed by atoms with Gasteiger partial charge in [-0.25, -0.2) is 4.79 Å². The molecule has 1 heterocycles. The maximum atomic E-state index is 10.9. The number of hydrogen-bond acceptors (Lipinski definition) is 4. The SMILES string of the molecule is C=CC(=O)Oc1ccsc1NC(C)=O. The summed E-state index contributed by atoms with van der Waals surface area (Å²) in [5.41, 5.74) is 0. The number of amides is 1. The quantitative estimate of drug-likeness (QED) is 0.612. The Morgan fingerprint density at radius 3 is 2.93 bits per heavy atom. The van der Waals surface area contributed by atoms with Crippen LogP contribution >= 0.6 is 11.3 Å². The molecule has 0 spiro atoms. The average molecular weight is 211 g/mol. The Bertz CT molecular complexity index is 370. The van der Waals surface area contributed by atoms with E-state index < -0.39 is 5.97 Å². The molecule has 0 bridgehead atoms. The minimum atomic E-state index is -0.546. The van der Waals surface area contributed by atoms with Gasteiger partial charge < -0.3 is 10.1 Å². The summed E-state index contributed by atoms with van der Waals surface area (Å²) in [5, 5.41) is 4.79. The van der Waals surface area contributed by atoms with E-state index in [1.807, 2.05) is 0 Å². The van der Waals surface area contributed by atoms with Gasteiger partial charge in [-0.3, -0.25) is 4.79 Å². The Hall–Kier alpha value is -1.62. The predicted molar refractivity (Wildman–Crippen MR) is 54.5 cm³/mol. The number of thiophene rings is 1. The van der Waals surface area contributed by atoms with Crippen LogP contribution in [0.5, 0.6) is 5.75 Å². The van der Waals surface area contributed by atoms with Crippen LogP contribution in [0.15, 0.2) is 24.1 Å². The van der Waals surface area contributed by atoms with Crippen LogP contribution in [0.1, 0.15) is 6.92 Å². The lowest BCUT2D eigenvalue weighted by Crippen LogP contribution is -2.08. The van der Waals surface area contributed by atoms with Gasteiger partial charge in [0, 0.05) is 13.0 Å². The number of ether oxygens (including phenoxy) is 1. The molecule has 14 heavy (non-hydrogen) atoms. The van der Waals surface area contributed by atoms with Gasteiger partial charge in [-0.15, -0.1) is 11.3 Å². The fourth-order valence-corrected chi connectivity index (χ4v) is 1.54. The van der Waals surface area contributed by atoms with E-state index in [1.54, 1.807) is 11.4 Å². The summed E-state index contributed by atoms with van der Waals surface area (Å²) in [4.78, 5) is 21.6. The first-order valence-electron chi connectivity index (χ1n) is 3.83. The molecule has 5 heteroatoms. The first-order chi connectivity index (χ1) is 6.63. The molecular weight excluding hydrogens is 202 g/mol. The minimum Gasteiger partial charge on any atom is -0.420 e. The summed E-state index contributed by atoms with van der Waals surface area (Å²) >= 11 is 1.29. The van der Waals surface area contributed by atoms with E-state index in [9.17, 15) is 9.59 Å². The summed E-state index contributed by atoms with van der Waals surface area (Å²) in [6.45, 7) is 4.66. The molecule has 0 radical (unpaired) electrons. The Morgan fingerprint density at radius 2 is 2.36 bits per heavy atom. The van der Waals surface area contributed by atoms with Gasteiger partial charge in [-0.2, -0.15) is 0 Å². The molecule has 0 aliphatic heterocycles. The smallest absolute Gasteiger partial charge is 0.335 e. The van der Waals surface area contributed by atoms with Crippen molar-refractivity contribution in [2.45, 2.75) is 6.92 Å². The van der Waals surface area contributed by atoms with Crippen LogP contribution in [0.2, 0.25) is 0 Å². The number of carbonyl (C=O) groups is 2. The maximum absolute atomic E-state index is 10.9. The van der Waals surface area contributed by atoms with E-state index in [2.05, 4.69) is 11.9 Å². The topological polar surface area (TPSA) is 55.4 Å². The lowest BCUT2D eigenvalue weighted by molar-refractivity contribution is -0.129. The van der Waals surface area contributed by atoms with Gasteiger partial charge in [0.05, 0.1) is 0 Å². The number of esters is 1. The second kappa shape index (κ2) is 4.57. The molecule has 0 unspecified atom stereocenters. The molecule has 74 valence electrons. The Kier molecular flexibility index (Phi) is 3.41. The van der Waals surface area contributed by atoms with Crippen molar-refractivity contribution in [2.75, 3.05) is 5.32 Å². The van der Waals surface area contributed by atoms with Gasteiger partial charge in [0.15, 0.2) is 5.75 Å². The molecular formula is C9H9NO3S. The van der Waals surface area contributed by atoms with Crippen LogP contribution in [0.25, 0.3) is 0 Å². The van der Waals surface area contributed by atoms with Crippen molar-refractivity contribution in [2.24, 2.45) is 0 Å². The van der Waals surface area contributed by atoms with E-state index >= 15 is 0 Å². The van der Waals surface area contributed by atoms with Crippen molar-refractivity contribution in [3.05, 3.63) is 24.1 Å². The van der Waals surface area contributed by atoms with Gasteiger partial charge in [0.25, 0.3) is 0 Å². The van der Waals surface area contributed by atoms with Crippen LogP contribution < -0.4 is 10.1 Å². The fourth-order valence-electron chi connectivity index (χ4n) is 0.779. The standard InChI is InChI=1S/C9H9NO3S/c1-3-8(12)13-7-4-5-14-9(7)10-6(2)11/h3-5H,1H2,2H3,(H,10,11). The highest BCUT2D eigenvalue weighted by molar-refractivity contribution is 7.14. The molecule has 1 aromatic rings. The zero-order valence-corrected chi connectivity index (χ0v) is 8.39. The van der Waals surface area contributed by atoms with Crippen LogP contribution in [0, 0.1) is 0 Å². The maximum Gasteiger partial charge on any atom is 0.335 e. The first kappa shape index (κ1) is 10.5. The van der Waals surface area contributed by atoms with Crippen molar-refractivity contribution in [1.82, 2.24) is 0 Å². The Labute approximate surface area is 85.2 Å². The molecule has 0 saturated carbocycles. The first-order valence-corrected chi connectivity index (χ1v) is 4.70. The largest absolute Gasteiger partial charge is 0.420 e. The monoisotopic (exact) mass is 211 g/mol. The molecule has 0 atom stereocenters. The van der Waals surface area contributed by atoms with E-state index in [0.717, 1.165) is 6.08 Å². The summed E-state index contributed by atoms with van der Waals surface area (Å²) < 4.78 is 4.87. The molecule has 0 aliphatic carbocycles. The highest BCUT2D eigenvalue weighted by atomic mass is 32.1. The molecule has 0 saturated heterocycles. The van der Waals surface area contributed by atoms with Crippen LogP contribution in [-0.4, -0.2) is 11.9 Å². The Balaban J connectivity index is 2.76. The molecule has 1 amide bonds. The van der Waals surface area contributed by atoms with Gasteiger partial charge in [-0.05, 0) is 11.4 Å². The predicted octanol–water partition coefficient (Wildman–Crippen LogP) is 1.80. The van der Waals surface area contributed by atoms with Gasteiger partial charge >= 0.3 is 5.97 Å². The molecule has 4 nitrogen and oxygen atoms in total. The van der Waals surface area contributed by atoms with Gasteiger partial charge in [-0.1, -0.05) is 6.58 Å². The van der Waals surface area contributed by atoms with E-state index in [1.165, 1.54) is 18.3 Å². The number of anilines is 1. The summed E-state index contributed by atoms with van der Waals surface area (Å²) in [6.07, 6.45) is 1.06.